The van der Waals surface area contributed by atoms with Gasteiger partial charge in [0.05, 0.1) is 17.8 Å². The molecule has 26 heavy (non-hydrogen) atoms. The van der Waals surface area contributed by atoms with E-state index in [-0.39, 0.29) is 23.9 Å². The first-order valence-corrected chi connectivity index (χ1v) is 9.15. The second kappa shape index (κ2) is 6.78. The topological polar surface area (TPSA) is 51.1 Å². The molecule has 1 radical (unpaired) electrons. The van der Waals surface area contributed by atoms with Gasteiger partial charge in [-0.3, -0.25) is 9.59 Å². The molecule has 1 amide bonds. The smallest absolute Gasteiger partial charge is 0.251 e. The van der Waals surface area contributed by atoms with Crippen molar-refractivity contribution in [1.29, 1.82) is 0 Å². The molecule has 2 aromatic carbocycles. The molecule has 2 atom stereocenters. The van der Waals surface area contributed by atoms with Crippen LogP contribution in [0.1, 0.15) is 28.9 Å². The molecular formula is C20H15Cl2N2O2. The minimum Gasteiger partial charge on any atom is -0.346 e. The maximum Gasteiger partial charge on any atom is 0.251 e. The SMILES string of the molecule is O=[C]c1cc2cc(Cl)ccc2n1C1Cc2ccccc2C1NC(=O)CCl. The van der Waals surface area contributed by atoms with Crippen LogP contribution < -0.4 is 5.32 Å². The molecule has 1 N–H and O–H groups in total. The molecule has 0 saturated carbocycles. The third-order valence-corrected chi connectivity index (χ3v) is 5.36. The van der Waals surface area contributed by atoms with Crippen molar-refractivity contribution in [2.75, 3.05) is 5.88 Å². The number of halogens is 2. The third kappa shape index (κ3) is 2.79. The minimum atomic E-state index is -0.268. The van der Waals surface area contributed by atoms with Crippen LogP contribution in [-0.4, -0.2) is 22.6 Å². The van der Waals surface area contributed by atoms with Crippen molar-refractivity contribution in [2.45, 2.75) is 18.5 Å². The van der Waals surface area contributed by atoms with Crippen molar-refractivity contribution < 1.29 is 9.59 Å². The minimum absolute atomic E-state index is 0.111. The fraction of sp³-hybridized carbons (Fsp3) is 0.200. The molecule has 3 aromatic rings. The molecule has 4 nitrogen and oxygen atoms in total. The molecule has 1 heterocycles. The van der Waals surface area contributed by atoms with Crippen LogP contribution in [-0.2, 0) is 16.0 Å². The monoisotopic (exact) mass is 385 g/mol. The third-order valence-electron chi connectivity index (χ3n) is 4.88. The maximum atomic E-state index is 12.0. The van der Waals surface area contributed by atoms with Crippen LogP contribution in [0.25, 0.3) is 10.9 Å². The van der Waals surface area contributed by atoms with E-state index in [4.69, 9.17) is 23.2 Å². The van der Waals surface area contributed by atoms with Crippen LogP contribution in [0.4, 0.5) is 0 Å². The Bertz CT molecular complexity index is 1010. The zero-order chi connectivity index (χ0) is 18.3. The summed E-state index contributed by atoms with van der Waals surface area (Å²) in [5.41, 5.74) is 3.51. The van der Waals surface area contributed by atoms with Crippen LogP contribution in [0.5, 0.6) is 0 Å². The predicted molar refractivity (Wildman–Crippen MR) is 103 cm³/mol. The van der Waals surface area contributed by atoms with Crippen LogP contribution in [0, 0.1) is 0 Å². The van der Waals surface area contributed by atoms with Crippen molar-refractivity contribution in [1.82, 2.24) is 9.88 Å². The lowest BCUT2D eigenvalue weighted by Gasteiger charge is -2.25. The normalized spacial score (nSPS) is 18.7. The molecule has 1 aliphatic rings. The highest BCUT2D eigenvalue weighted by atomic mass is 35.5. The Hall–Kier alpha value is -2.30. The van der Waals surface area contributed by atoms with Gasteiger partial charge in [0.2, 0.25) is 5.91 Å². The predicted octanol–water partition coefficient (Wildman–Crippen LogP) is 3.95. The quantitative estimate of drug-likeness (QED) is 0.691. The van der Waals surface area contributed by atoms with Crippen molar-refractivity contribution >= 4 is 46.3 Å². The van der Waals surface area contributed by atoms with Crippen molar-refractivity contribution in [3.8, 4) is 0 Å². The van der Waals surface area contributed by atoms with E-state index in [1.807, 2.05) is 47.3 Å². The molecule has 0 bridgehead atoms. The standard InChI is InChI=1S/C20H15Cl2N2O2/c21-10-19(26)23-20-16-4-2-1-3-12(16)9-18(20)24-15(11-25)8-13-7-14(22)5-6-17(13)24/h1-8,18,20H,9-10H2,(H,23,26). The lowest BCUT2D eigenvalue weighted by molar-refractivity contribution is -0.119. The highest BCUT2D eigenvalue weighted by Gasteiger charge is 2.36. The molecule has 1 aliphatic carbocycles. The van der Waals surface area contributed by atoms with E-state index in [0.717, 1.165) is 22.0 Å². The van der Waals surface area contributed by atoms with Gasteiger partial charge in [-0.2, -0.15) is 0 Å². The molecule has 0 aliphatic heterocycles. The Balaban J connectivity index is 1.87. The first-order valence-electron chi connectivity index (χ1n) is 8.24. The van der Waals surface area contributed by atoms with Crippen LogP contribution in [0.2, 0.25) is 5.02 Å². The summed E-state index contributed by atoms with van der Waals surface area (Å²) < 4.78 is 1.94. The number of nitrogens with one attached hydrogen (secondary N) is 1. The van der Waals surface area contributed by atoms with Gasteiger partial charge in [-0.25, -0.2) is 0 Å². The number of hydrogen-bond donors (Lipinski definition) is 1. The van der Waals surface area contributed by atoms with Gasteiger partial charge in [-0.05, 0) is 41.8 Å². The van der Waals surface area contributed by atoms with Crippen molar-refractivity contribution in [2.24, 2.45) is 0 Å². The fourth-order valence-electron chi connectivity index (χ4n) is 3.84. The molecule has 4 rings (SSSR count). The highest BCUT2D eigenvalue weighted by Crippen LogP contribution is 2.42. The van der Waals surface area contributed by atoms with E-state index in [1.54, 1.807) is 12.1 Å². The van der Waals surface area contributed by atoms with Gasteiger partial charge in [0.1, 0.15) is 5.88 Å². The summed E-state index contributed by atoms with van der Waals surface area (Å²) in [6.45, 7) is 0. The molecule has 6 heteroatoms. The van der Waals surface area contributed by atoms with Gasteiger partial charge < -0.3 is 9.88 Å². The van der Waals surface area contributed by atoms with E-state index in [2.05, 4.69) is 5.32 Å². The summed E-state index contributed by atoms with van der Waals surface area (Å²) in [7, 11) is 0. The number of aromatic nitrogens is 1. The number of amides is 1. The van der Waals surface area contributed by atoms with Crippen LogP contribution in [0.15, 0.2) is 48.5 Å². The fourth-order valence-corrected chi connectivity index (χ4v) is 4.10. The van der Waals surface area contributed by atoms with E-state index >= 15 is 0 Å². The Labute approximate surface area is 160 Å². The summed E-state index contributed by atoms with van der Waals surface area (Å²) in [6, 6.07) is 14.8. The number of benzene rings is 2. The number of alkyl halides is 1. The zero-order valence-electron chi connectivity index (χ0n) is 13.7. The van der Waals surface area contributed by atoms with Crippen molar-refractivity contribution in [3.05, 3.63) is 70.4 Å². The summed E-state index contributed by atoms with van der Waals surface area (Å²) in [6.07, 6.45) is 2.73. The van der Waals surface area contributed by atoms with E-state index in [9.17, 15) is 9.59 Å². The summed E-state index contributed by atoms with van der Waals surface area (Å²) in [5, 5.41) is 4.48. The Morgan fingerprint density at radius 3 is 2.81 bits per heavy atom. The van der Waals surface area contributed by atoms with E-state index < -0.39 is 0 Å². The molecule has 1 aromatic heterocycles. The van der Waals surface area contributed by atoms with Gasteiger partial charge in [0.25, 0.3) is 6.29 Å². The molecular weight excluding hydrogens is 371 g/mol. The summed E-state index contributed by atoms with van der Waals surface area (Å²) >= 11 is 11.8. The Morgan fingerprint density at radius 1 is 1.23 bits per heavy atom. The highest BCUT2D eigenvalue weighted by molar-refractivity contribution is 6.31. The van der Waals surface area contributed by atoms with Crippen molar-refractivity contribution in [3.63, 3.8) is 0 Å². The molecule has 0 spiro atoms. The second-order valence-corrected chi connectivity index (χ2v) is 7.06. The number of hydrogen-bond acceptors (Lipinski definition) is 2. The molecule has 0 fully saturated rings. The van der Waals surface area contributed by atoms with Gasteiger partial charge in [0.15, 0.2) is 0 Å². The summed E-state index contributed by atoms with van der Waals surface area (Å²) in [4.78, 5) is 23.6. The molecule has 0 saturated heterocycles. The Kier molecular flexibility index (Phi) is 4.47. The molecule has 2 unspecified atom stereocenters. The van der Waals surface area contributed by atoms with E-state index in [1.165, 1.54) is 0 Å². The number of fused-ring (bicyclic) bond motifs is 2. The van der Waals surface area contributed by atoms with E-state index in [0.29, 0.717) is 17.1 Å². The average Bonchev–Trinajstić information content (AvgIpc) is 3.19. The largest absolute Gasteiger partial charge is 0.346 e. The molecule has 131 valence electrons. The lowest BCUT2D eigenvalue weighted by atomic mass is 10.1. The van der Waals surface area contributed by atoms with Gasteiger partial charge in [0, 0.05) is 15.9 Å². The number of carbonyl (C=O) groups excluding carboxylic acids is 2. The number of carbonyl (C=O) groups is 1. The van der Waals surface area contributed by atoms with Gasteiger partial charge in [-0.15, -0.1) is 11.6 Å². The average molecular weight is 386 g/mol. The second-order valence-electron chi connectivity index (χ2n) is 6.35. The summed E-state index contributed by atoms with van der Waals surface area (Å²) in [5.74, 6) is -0.352. The first kappa shape index (κ1) is 17.1. The van der Waals surface area contributed by atoms with Crippen LogP contribution in [0.3, 0.4) is 0 Å². The first-order chi connectivity index (χ1) is 12.6. The van der Waals surface area contributed by atoms with Gasteiger partial charge >= 0.3 is 0 Å². The Morgan fingerprint density at radius 2 is 2.04 bits per heavy atom. The van der Waals surface area contributed by atoms with Crippen LogP contribution >= 0.6 is 23.2 Å². The maximum absolute atomic E-state index is 12.0. The lowest BCUT2D eigenvalue weighted by Crippen LogP contribution is -2.33. The van der Waals surface area contributed by atoms with Gasteiger partial charge in [-0.1, -0.05) is 35.9 Å². The number of rotatable bonds is 4. The zero-order valence-corrected chi connectivity index (χ0v) is 15.2. The number of nitrogens with zero attached hydrogens (tertiary/aromatic N) is 1.